The minimum Gasteiger partial charge on any atom is -0.329 e. The van der Waals surface area contributed by atoms with E-state index >= 15 is 0 Å². The summed E-state index contributed by atoms with van der Waals surface area (Å²) in [7, 11) is 0. The Labute approximate surface area is 104 Å². The van der Waals surface area contributed by atoms with Crippen molar-refractivity contribution >= 4 is 0 Å². The van der Waals surface area contributed by atoms with Gasteiger partial charge in [0.25, 0.3) is 0 Å². The zero-order valence-electron chi connectivity index (χ0n) is 10.0. The summed E-state index contributed by atoms with van der Waals surface area (Å²) in [6, 6.07) is 7.28. The van der Waals surface area contributed by atoms with Gasteiger partial charge in [-0.25, -0.2) is 0 Å². The highest BCUT2D eigenvalue weighted by Crippen LogP contribution is 2.40. The first-order valence-electron chi connectivity index (χ1n) is 6.09. The molecular formula is C13H17F3N2. The van der Waals surface area contributed by atoms with Crippen LogP contribution in [0.3, 0.4) is 0 Å². The van der Waals surface area contributed by atoms with E-state index in [9.17, 15) is 13.2 Å². The van der Waals surface area contributed by atoms with Gasteiger partial charge in [-0.2, -0.15) is 13.2 Å². The van der Waals surface area contributed by atoms with E-state index in [1.807, 2.05) is 24.3 Å². The predicted octanol–water partition coefficient (Wildman–Crippen LogP) is 2.72. The van der Waals surface area contributed by atoms with Gasteiger partial charge in [-0.15, -0.1) is 0 Å². The topological polar surface area (TPSA) is 38.0 Å². The van der Waals surface area contributed by atoms with Crippen molar-refractivity contribution in [2.75, 3.05) is 13.1 Å². The van der Waals surface area contributed by atoms with E-state index in [2.05, 4.69) is 5.32 Å². The highest BCUT2D eigenvalue weighted by atomic mass is 19.4. The van der Waals surface area contributed by atoms with Gasteiger partial charge >= 0.3 is 6.18 Å². The zero-order valence-corrected chi connectivity index (χ0v) is 10.0. The Morgan fingerprint density at radius 2 is 1.83 bits per heavy atom. The summed E-state index contributed by atoms with van der Waals surface area (Å²) in [4.78, 5) is 0. The molecule has 0 bridgehead atoms. The molecular weight excluding hydrogens is 241 g/mol. The smallest absolute Gasteiger partial charge is 0.329 e. The van der Waals surface area contributed by atoms with Gasteiger partial charge in [-0.3, -0.25) is 0 Å². The lowest BCUT2D eigenvalue weighted by atomic mass is 10.0. The second kappa shape index (κ2) is 5.28. The summed E-state index contributed by atoms with van der Waals surface area (Å²) in [6.07, 6.45) is -1.78. The first kappa shape index (κ1) is 13.4. The molecule has 1 aromatic rings. The molecule has 0 spiro atoms. The van der Waals surface area contributed by atoms with Crippen LogP contribution in [0, 0.1) is 0 Å². The number of hydrogen-bond donors (Lipinski definition) is 2. The third-order valence-electron chi connectivity index (χ3n) is 3.17. The van der Waals surface area contributed by atoms with Crippen LogP contribution in [-0.2, 0) is 0 Å². The average molecular weight is 258 g/mol. The van der Waals surface area contributed by atoms with E-state index in [0.717, 1.165) is 5.56 Å². The van der Waals surface area contributed by atoms with E-state index < -0.39 is 18.8 Å². The molecule has 5 heteroatoms. The Kier molecular flexibility index (Phi) is 3.92. The second-order valence-electron chi connectivity index (χ2n) is 4.73. The molecule has 1 aliphatic carbocycles. The molecule has 3 N–H and O–H groups in total. The third kappa shape index (κ3) is 3.71. The number of rotatable bonds is 5. The molecule has 0 aromatic heterocycles. The van der Waals surface area contributed by atoms with Gasteiger partial charge in [0.15, 0.2) is 0 Å². The minimum absolute atomic E-state index is 0.152. The number of nitrogens with one attached hydrogen (secondary N) is 1. The van der Waals surface area contributed by atoms with E-state index in [0.29, 0.717) is 5.92 Å². The Hall–Kier alpha value is -1.07. The van der Waals surface area contributed by atoms with Gasteiger partial charge in [-0.1, -0.05) is 24.3 Å². The van der Waals surface area contributed by atoms with Crippen molar-refractivity contribution in [1.82, 2.24) is 5.32 Å². The van der Waals surface area contributed by atoms with Crippen LogP contribution in [0.15, 0.2) is 24.3 Å². The third-order valence-corrected chi connectivity index (χ3v) is 3.17. The molecule has 18 heavy (non-hydrogen) atoms. The minimum atomic E-state index is -4.21. The van der Waals surface area contributed by atoms with Crippen LogP contribution in [0.25, 0.3) is 0 Å². The predicted molar refractivity (Wildman–Crippen MR) is 64.3 cm³/mol. The Morgan fingerprint density at radius 1 is 1.22 bits per heavy atom. The fraction of sp³-hybridized carbons (Fsp3) is 0.538. The van der Waals surface area contributed by atoms with E-state index in [1.54, 1.807) is 0 Å². The molecule has 0 radical (unpaired) electrons. The quantitative estimate of drug-likeness (QED) is 0.852. The first-order chi connectivity index (χ1) is 8.49. The number of nitrogens with two attached hydrogens (primary N) is 1. The first-order valence-corrected chi connectivity index (χ1v) is 6.09. The van der Waals surface area contributed by atoms with E-state index in [4.69, 9.17) is 5.73 Å². The van der Waals surface area contributed by atoms with Crippen molar-refractivity contribution in [1.29, 1.82) is 0 Å². The summed E-state index contributed by atoms with van der Waals surface area (Å²) in [5.74, 6) is 0.651. The maximum atomic E-state index is 12.1. The Morgan fingerprint density at radius 3 is 2.28 bits per heavy atom. The molecule has 2 rings (SSSR count). The van der Waals surface area contributed by atoms with Crippen molar-refractivity contribution in [3.8, 4) is 0 Å². The molecule has 1 fully saturated rings. The fourth-order valence-electron chi connectivity index (χ4n) is 1.99. The Balaban J connectivity index is 1.98. The van der Waals surface area contributed by atoms with Crippen LogP contribution < -0.4 is 11.1 Å². The van der Waals surface area contributed by atoms with Crippen LogP contribution in [-0.4, -0.2) is 19.3 Å². The van der Waals surface area contributed by atoms with Gasteiger partial charge in [0.05, 0.1) is 6.54 Å². The lowest BCUT2D eigenvalue weighted by Crippen LogP contribution is -2.35. The molecule has 0 amide bonds. The van der Waals surface area contributed by atoms with E-state index in [1.165, 1.54) is 18.4 Å². The van der Waals surface area contributed by atoms with Crippen LogP contribution in [0.2, 0.25) is 0 Å². The maximum Gasteiger partial charge on any atom is 0.401 e. The monoisotopic (exact) mass is 258 g/mol. The normalized spacial score (nSPS) is 17.8. The molecule has 1 unspecified atom stereocenters. The standard InChI is InChI=1S/C13H17F3N2/c14-13(15,16)8-18-12(7-17)11-5-3-10(4-6-11)9-1-2-9/h3-6,9,12,18H,1-2,7-8,17H2. The van der Waals surface area contributed by atoms with Gasteiger partial charge in [-0.05, 0) is 29.9 Å². The number of halogens is 3. The molecule has 100 valence electrons. The number of alkyl halides is 3. The largest absolute Gasteiger partial charge is 0.401 e. The van der Waals surface area contributed by atoms with Crippen LogP contribution in [0.4, 0.5) is 13.2 Å². The van der Waals surface area contributed by atoms with E-state index in [-0.39, 0.29) is 6.54 Å². The zero-order chi connectivity index (χ0) is 13.2. The van der Waals surface area contributed by atoms with Crippen molar-refractivity contribution in [2.45, 2.75) is 31.0 Å². The van der Waals surface area contributed by atoms with Crippen molar-refractivity contribution in [3.63, 3.8) is 0 Å². The van der Waals surface area contributed by atoms with Gasteiger partial charge in [0.2, 0.25) is 0 Å². The van der Waals surface area contributed by atoms with Crippen LogP contribution in [0.5, 0.6) is 0 Å². The van der Waals surface area contributed by atoms with Crippen LogP contribution in [0.1, 0.15) is 35.9 Å². The van der Waals surface area contributed by atoms with Crippen molar-refractivity contribution in [3.05, 3.63) is 35.4 Å². The fourth-order valence-corrected chi connectivity index (χ4v) is 1.99. The summed E-state index contributed by atoms with van der Waals surface area (Å²) in [5, 5.41) is 2.44. The van der Waals surface area contributed by atoms with Gasteiger partial charge in [0.1, 0.15) is 0 Å². The van der Waals surface area contributed by atoms with Crippen molar-refractivity contribution in [2.24, 2.45) is 5.73 Å². The highest BCUT2D eigenvalue weighted by Gasteiger charge is 2.28. The molecule has 0 heterocycles. The molecule has 2 nitrogen and oxygen atoms in total. The van der Waals surface area contributed by atoms with Gasteiger partial charge in [0, 0.05) is 12.6 Å². The molecule has 1 aliphatic rings. The SMILES string of the molecule is NCC(NCC(F)(F)F)c1ccc(C2CC2)cc1. The van der Waals surface area contributed by atoms with Crippen LogP contribution >= 0.6 is 0 Å². The lowest BCUT2D eigenvalue weighted by molar-refractivity contribution is -0.126. The molecule has 0 saturated heterocycles. The molecule has 0 aliphatic heterocycles. The average Bonchev–Trinajstić information content (AvgIpc) is 3.13. The Bertz CT molecular complexity index is 382. The second-order valence-corrected chi connectivity index (χ2v) is 4.73. The molecule has 1 atom stereocenters. The summed E-state index contributed by atoms with van der Waals surface area (Å²) >= 11 is 0. The van der Waals surface area contributed by atoms with Crippen molar-refractivity contribution < 1.29 is 13.2 Å². The maximum absolute atomic E-state index is 12.1. The molecule has 1 aromatic carbocycles. The summed E-state index contributed by atoms with van der Waals surface area (Å²) in [5.41, 5.74) is 7.59. The summed E-state index contributed by atoms with van der Waals surface area (Å²) in [6.45, 7) is -0.863. The summed E-state index contributed by atoms with van der Waals surface area (Å²) < 4.78 is 36.4. The highest BCUT2D eigenvalue weighted by molar-refractivity contribution is 5.29. The molecule has 1 saturated carbocycles. The van der Waals surface area contributed by atoms with Gasteiger partial charge < -0.3 is 11.1 Å². The lowest BCUT2D eigenvalue weighted by Gasteiger charge is -2.18. The number of benzene rings is 1. The number of hydrogen-bond acceptors (Lipinski definition) is 2.